The highest BCUT2D eigenvalue weighted by Gasteiger charge is 2.15. The highest BCUT2D eigenvalue weighted by molar-refractivity contribution is 9.10. The van der Waals surface area contributed by atoms with Gasteiger partial charge >= 0.3 is 0 Å². The number of halogens is 1. The molecule has 1 aromatic carbocycles. The van der Waals surface area contributed by atoms with Crippen molar-refractivity contribution in [1.82, 2.24) is 0 Å². The Labute approximate surface area is 89.8 Å². The molecule has 0 aromatic heterocycles. The Morgan fingerprint density at radius 3 is 2.79 bits per heavy atom. The SMILES string of the molecule is C[C@@H](O)Cc1ccc(Br)cc1[N+](=O)[O-]. The van der Waals surface area contributed by atoms with Gasteiger partial charge < -0.3 is 5.11 Å². The Hall–Kier alpha value is -0.940. The second-order valence-corrected chi connectivity index (χ2v) is 4.00. The second-order valence-electron chi connectivity index (χ2n) is 3.08. The van der Waals surface area contributed by atoms with Crippen LogP contribution >= 0.6 is 15.9 Å². The molecule has 5 heteroatoms. The summed E-state index contributed by atoms with van der Waals surface area (Å²) in [5.74, 6) is 0. The van der Waals surface area contributed by atoms with E-state index in [1.165, 1.54) is 6.07 Å². The van der Waals surface area contributed by atoms with Crippen LogP contribution in [0.5, 0.6) is 0 Å². The lowest BCUT2D eigenvalue weighted by Crippen LogP contribution is -2.06. The molecule has 0 saturated carbocycles. The molecule has 0 aliphatic rings. The molecule has 0 heterocycles. The maximum atomic E-state index is 10.7. The Morgan fingerprint density at radius 2 is 2.29 bits per heavy atom. The first kappa shape index (κ1) is 11.1. The third-order valence-corrected chi connectivity index (χ3v) is 2.25. The molecule has 0 unspecified atom stereocenters. The topological polar surface area (TPSA) is 63.4 Å². The predicted octanol–water partition coefficient (Wildman–Crippen LogP) is 2.28. The number of hydrogen-bond acceptors (Lipinski definition) is 3. The molecule has 0 amide bonds. The first-order valence-electron chi connectivity index (χ1n) is 4.11. The number of benzene rings is 1. The van der Waals surface area contributed by atoms with E-state index in [0.717, 1.165) is 0 Å². The van der Waals surface area contributed by atoms with Gasteiger partial charge in [-0.3, -0.25) is 10.1 Å². The van der Waals surface area contributed by atoms with Gasteiger partial charge in [-0.25, -0.2) is 0 Å². The molecule has 0 aliphatic heterocycles. The number of nitrogens with zero attached hydrogens (tertiary/aromatic N) is 1. The van der Waals surface area contributed by atoms with Crippen molar-refractivity contribution in [3.05, 3.63) is 38.3 Å². The van der Waals surface area contributed by atoms with E-state index in [9.17, 15) is 10.1 Å². The van der Waals surface area contributed by atoms with Gasteiger partial charge in [0.25, 0.3) is 5.69 Å². The zero-order valence-electron chi connectivity index (χ0n) is 7.61. The highest BCUT2D eigenvalue weighted by atomic mass is 79.9. The summed E-state index contributed by atoms with van der Waals surface area (Å²) in [6.45, 7) is 1.60. The summed E-state index contributed by atoms with van der Waals surface area (Å²) in [5, 5.41) is 19.8. The van der Waals surface area contributed by atoms with E-state index in [-0.39, 0.29) is 5.69 Å². The molecule has 0 radical (unpaired) electrons. The average molecular weight is 260 g/mol. The molecule has 14 heavy (non-hydrogen) atoms. The molecule has 0 fully saturated rings. The van der Waals surface area contributed by atoms with E-state index in [2.05, 4.69) is 15.9 Å². The van der Waals surface area contributed by atoms with Crippen LogP contribution in [0.4, 0.5) is 5.69 Å². The smallest absolute Gasteiger partial charge is 0.273 e. The summed E-state index contributed by atoms with van der Waals surface area (Å²) in [5.41, 5.74) is 0.591. The number of nitro groups is 1. The Bertz CT molecular complexity index is 352. The molecule has 1 aromatic rings. The lowest BCUT2D eigenvalue weighted by Gasteiger charge is -2.05. The van der Waals surface area contributed by atoms with Gasteiger partial charge in [0.2, 0.25) is 0 Å². The minimum absolute atomic E-state index is 0.0419. The molecule has 0 bridgehead atoms. The first-order chi connectivity index (χ1) is 6.50. The van der Waals surface area contributed by atoms with E-state index in [1.807, 2.05) is 0 Å². The molecule has 4 nitrogen and oxygen atoms in total. The molecular formula is C9H10BrNO3. The minimum atomic E-state index is -0.574. The summed E-state index contributed by atoms with van der Waals surface area (Å²) in [4.78, 5) is 10.2. The highest BCUT2D eigenvalue weighted by Crippen LogP contribution is 2.24. The number of hydrogen-bond donors (Lipinski definition) is 1. The zero-order valence-corrected chi connectivity index (χ0v) is 9.19. The van der Waals surface area contributed by atoms with E-state index in [1.54, 1.807) is 19.1 Å². The fourth-order valence-corrected chi connectivity index (χ4v) is 1.55. The van der Waals surface area contributed by atoms with Crippen molar-refractivity contribution in [2.24, 2.45) is 0 Å². The second kappa shape index (κ2) is 4.52. The van der Waals surface area contributed by atoms with Crippen LogP contribution in [-0.4, -0.2) is 16.1 Å². The van der Waals surface area contributed by atoms with Crippen molar-refractivity contribution in [3.63, 3.8) is 0 Å². The number of rotatable bonds is 3. The molecule has 1 atom stereocenters. The molecule has 0 saturated heterocycles. The van der Waals surface area contributed by atoms with Gasteiger partial charge in [-0.1, -0.05) is 22.0 Å². The van der Waals surface area contributed by atoms with Gasteiger partial charge in [0.05, 0.1) is 11.0 Å². The van der Waals surface area contributed by atoms with E-state index < -0.39 is 11.0 Å². The Balaban J connectivity index is 3.08. The van der Waals surface area contributed by atoms with Crippen molar-refractivity contribution >= 4 is 21.6 Å². The van der Waals surface area contributed by atoms with Gasteiger partial charge in [0, 0.05) is 22.5 Å². The molecule has 76 valence electrons. The van der Waals surface area contributed by atoms with Gasteiger partial charge in [-0.15, -0.1) is 0 Å². The van der Waals surface area contributed by atoms with Crippen LogP contribution in [0.2, 0.25) is 0 Å². The van der Waals surface area contributed by atoms with Crippen molar-refractivity contribution in [1.29, 1.82) is 0 Å². The third-order valence-electron chi connectivity index (χ3n) is 1.76. The summed E-state index contributed by atoms with van der Waals surface area (Å²) in [7, 11) is 0. The standard InChI is InChI=1S/C9H10BrNO3/c1-6(12)4-7-2-3-8(10)5-9(7)11(13)14/h2-3,5-6,12H,4H2,1H3/t6-/m1/s1. The Kier molecular flexibility index (Phi) is 3.60. The van der Waals surface area contributed by atoms with E-state index in [0.29, 0.717) is 16.5 Å². The molecule has 1 N–H and O–H groups in total. The number of aliphatic hydroxyl groups is 1. The fraction of sp³-hybridized carbons (Fsp3) is 0.333. The van der Waals surface area contributed by atoms with Gasteiger partial charge in [0.15, 0.2) is 0 Å². The van der Waals surface area contributed by atoms with Crippen LogP contribution < -0.4 is 0 Å². The maximum absolute atomic E-state index is 10.7. The van der Waals surface area contributed by atoms with Gasteiger partial charge in [-0.2, -0.15) is 0 Å². The largest absolute Gasteiger partial charge is 0.393 e. The number of aliphatic hydroxyl groups excluding tert-OH is 1. The first-order valence-corrected chi connectivity index (χ1v) is 4.91. The van der Waals surface area contributed by atoms with Crippen LogP contribution in [0.15, 0.2) is 22.7 Å². The van der Waals surface area contributed by atoms with E-state index >= 15 is 0 Å². The van der Waals surface area contributed by atoms with Crippen LogP contribution in [0, 0.1) is 10.1 Å². The average Bonchev–Trinajstić information content (AvgIpc) is 2.07. The monoisotopic (exact) mass is 259 g/mol. The van der Waals surface area contributed by atoms with Crippen LogP contribution in [0.1, 0.15) is 12.5 Å². The van der Waals surface area contributed by atoms with Gasteiger partial charge in [0.1, 0.15) is 0 Å². The lowest BCUT2D eigenvalue weighted by atomic mass is 10.1. The van der Waals surface area contributed by atoms with Crippen LogP contribution in [0.3, 0.4) is 0 Å². The summed E-state index contributed by atoms with van der Waals surface area (Å²) >= 11 is 3.16. The van der Waals surface area contributed by atoms with Crippen LogP contribution in [-0.2, 0) is 6.42 Å². The quantitative estimate of drug-likeness (QED) is 0.669. The fourth-order valence-electron chi connectivity index (χ4n) is 1.20. The number of nitro benzene ring substituents is 1. The van der Waals surface area contributed by atoms with Crippen molar-refractivity contribution in [3.8, 4) is 0 Å². The minimum Gasteiger partial charge on any atom is -0.393 e. The predicted molar refractivity (Wildman–Crippen MR) is 56.2 cm³/mol. The molecule has 0 spiro atoms. The molecule has 0 aliphatic carbocycles. The lowest BCUT2D eigenvalue weighted by molar-refractivity contribution is -0.385. The summed E-state index contributed by atoms with van der Waals surface area (Å²) in [6, 6.07) is 4.82. The van der Waals surface area contributed by atoms with Gasteiger partial charge in [-0.05, 0) is 13.0 Å². The Morgan fingerprint density at radius 1 is 1.64 bits per heavy atom. The molecular weight excluding hydrogens is 250 g/mol. The van der Waals surface area contributed by atoms with Crippen molar-refractivity contribution in [2.45, 2.75) is 19.4 Å². The third kappa shape index (κ3) is 2.78. The van der Waals surface area contributed by atoms with Crippen molar-refractivity contribution < 1.29 is 10.0 Å². The maximum Gasteiger partial charge on any atom is 0.273 e. The zero-order chi connectivity index (χ0) is 10.7. The molecule has 1 rings (SSSR count). The normalized spacial score (nSPS) is 12.5. The van der Waals surface area contributed by atoms with Crippen LogP contribution in [0.25, 0.3) is 0 Å². The summed E-state index contributed by atoms with van der Waals surface area (Å²) < 4.78 is 0.665. The van der Waals surface area contributed by atoms with Crippen molar-refractivity contribution in [2.75, 3.05) is 0 Å². The van der Waals surface area contributed by atoms with E-state index in [4.69, 9.17) is 5.11 Å². The summed E-state index contributed by atoms with van der Waals surface area (Å²) in [6.07, 6.45) is -0.279.